The van der Waals surface area contributed by atoms with Crippen molar-refractivity contribution in [2.75, 3.05) is 18.8 Å². The van der Waals surface area contributed by atoms with Crippen LogP contribution in [0.5, 0.6) is 0 Å². The Morgan fingerprint density at radius 2 is 2.29 bits per heavy atom. The molecule has 0 unspecified atom stereocenters. The van der Waals surface area contributed by atoms with Gasteiger partial charge in [0, 0.05) is 17.9 Å². The standard InChI is InChI=1S/C14H18N2S/c15-7-2-8-16-9-6-12-4-5-14-13(11-12)3-1-10-17-14/h4-5,11,16H,1-3,6,8-10H2. The highest BCUT2D eigenvalue weighted by Crippen LogP contribution is 2.30. The van der Waals surface area contributed by atoms with E-state index < -0.39 is 0 Å². The van der Waals surface area contributed by atoms with Crippen LogP contribution in [-0.2, 0) is 12.8 Å². The highest BCUT2D eigenvalue weighted by Gasteiger charge is 2.09. The Morgan fingerprint density at radius 3 is 3.18 bits per heavy atom. The first-order chi connectivity index (χ1) is 8.40. The zero-order chi connectivity index (χ0) is 11.9. The van der Waals surface area contributed by atoms with Gasteiger partial charge in [0.1, 0.15) is 0 Å². The molecule has 0 atom stereocenters. The Hall–Kier alpha value is -0.980. The average molecular weight is 246 g/mol. The van der Waals surface area contributed by atoms with Gasteiger partial charge in [0.25, 0.3) is 0 Å². The lowest BCUT2D eigenvalue weighted by Crippen LogP contribution is -2.18. The van der Waals surface area contributed by atoms with Crippen LogP contribution in [0, 0.1) is 11.3 Å². The molecular weight excluding hydrogens is 228 g/mol. The first kappa shape index (κ1) is 12.5. The van der Waals surface area contributed by atoms with Crippen LogP contribution in [0.1, 0.15) is 24.0 Å². The fourth-order valence-corrected chi connectivity index (χ4v) is 3.09. The first-order valence-electron chi connectivity index (χ1n) is 6.22. The fourth-order valence-electron chi connectivity index (χ4n) is 2.07. The van der Waals surface area contributed by atoms with Gasteiger partial charge in [-0.15, -0.1) is 11.8 Å². The highest BCUT2D eigenvalue weighted by atomic mass is 32.2. The van der Waals surface area contributed by atoms with E-state index in [9.17, 15) is 0 Å². The molecule has 90 valence electrons. The third kappa shape index (κ3) is 3.76. The van der Waals surface area contributed by atoms with Crippen LogP contribution >= 0.6 is 11.8 Å². The molecule has 0 aromatic heterocycles. The molecule has 1 aliphatic heterocycles. The maximum Gasteiger partial charge on any atom is 0.0635 e. The lowest BCUT2D eigenvalue weighted by molar-refractivity contribution is 0.691. The number of rotatable bonds is 5. The van der Waals surface area contributed by atoms with Crippen molar-refractivity contribution in [1.29, 1.82) is 5.26 Å². The van der Waals surface area contributed by atoms with E-state index in [2.05, 4.69) is 29.6 Å². The number of benzene rings is 1. The summed E-state index contributed by atoms with van der Waals surface area (Å²) in [6, 6.07) is 9.00. The molecule has 2 rings (SSSR count). The summed E-state index contributed by atoms with van der Waals surface area (Å²) in [7, 11) is 0. The van der Waals surface area contributed by atoms with Crippen LogP contribution in [0.25, 0.3) is 0 Å². The van der Waals surface area contributed by atoms with Crippen LogP contribution in [0.15, 0.2) is 23.1 Å². The Bertz CT molecular complexity index is 409. The zero-order valence-electron chi connectivity index (χ0n) is 10.0. The topological polar surface area (TPSA) is 35.8 Å². The monoisotopic (exact) mass is 246 g/mol. The van der Waals surface area contributed by atoms with Crippen molar-refractivity contribution >= 4 is 11.8 Å². The second-order valence-electron chi connectivity index (χ2n) is 4.30. The second kappa shape index (κ2) is 6.68. The van der Waals surface area contributed by atoms with Crippen molar-refractivity contribution in [3.63, 3.8) is 0 Å². The van der Waals surface area contributed by atoms with E-state index >= 15 is 0 Å². The quantitative estimate of drug-likeness (QED) is 0.812. The molecule has 3 heteroatoms. The number of nitrogens with zero attached hydrogens (tertiary/aromatic N) is 1. The van der Waals surface area contributed by atoms with Crippen molar-refractivity contribution in [1.82, 2.24) is 5.32 Å². The third-order valence-corrected chi connectivity index (χ3v) is 4.18. The SMILES string of the molecule is N#CCCNCCc1ccc2c(c1)CCCS2. The van der Waals surface area contributed by atoms with E-state index in [0.29, 0.717) is 6.42 Å². The molecule has 1 aromatic rings. The highest BCUT2D eigenvalue weighted by molar-refractivity contribution is 7.99. The second-order valence-corrected chi connectivity index (χ2v) is 5.44. The van der Waals surface area contributed by atoms with Gasteiger partial charge >= 0.3 is 0 Å². The lowest BCUT2D eigenvalue weighted by Gasteiger charge is -2.16. The van der Waals surface area contributed by atoms with Gasteiger partial charge < -0.3 is 5.32 Å². The Kier molecular flexibility index (Phi) is 4.90. The fraction of sp³-hybridized carbons (Fsp3) is 0.500. The number of nitrogens with one attached hydrogen (secondary N) is 1. The van der Waals surface area contributed by atoms with Crippen LogP contribution < -0.4 is 5.32 Å². The van der Waals surface area contributed by atoms with E-state index in [-0.39, 0.29) is 0 Å². The molecule has 0 amide bonds. The maximum atomic E-state index is 8.42. The molecule has 2 nitrogen and oxygen atoms in total. The average Bonchev–Trinajstić information content (AvgIpc) is 2.38. The summed E-state index contributed by atoms with van der Waals surface area (Å²) < 4.78 is 0. The predicted molar refractivity (Wildman–Crippen MR) is 72.3 cm³/mol. The molecule has 1 N–H and O–H groups in total. The van der Waals surface area contributed by atoms with Gasteiger partial charge in [0.15, 0.2) is 0 Å². The minimum absolute atomic E-state index is 0.598. The Balaban J connectivity index is 1.83. The number of nitriles is 1. The first-order valence-corrected chi connectivity index (χ1v) is 7.21. The zero-order valence-corrected chi connectivity index (χ0v) is 10.9. The van der Waals surface area contributed by atoms with Crippen molar-refractivity contribution in [2.45, 2.75) is 30.6 Å². The summed E-state index contributed by atoms with van der Waals surface area (Å²) in [5, 5.41) is 11.7. The summed E-state index contributed by atoms with van der Waals surface area (Å²) in [5.41, 5.74) is 2.94. The van der Waals surface area contributed by atoms with Gasteiger partial charge in [-0.3, -0.25) is 0 Å². The molecule has 1 aromatic carbocycles. The van der Waals surface area contributed by atoms with Gasteiger partial charge in [0.05, 0.1) is 6.07 Å². The lowest BCUT2D eigenvalue weighted by atomic mass is 10.0. The molecular formula is C14H18N2S. The smallest absolute Gasteiger partial charge is 0.0635 e. The minimum Gasteiger partial charge on any atom is -0.315 e. The number of hydrogen-bond acceptors (Lipinski definition) is 3. The van der Waals surface area contributed by atoms with E-state index in [1.807, 2.05) is 11.8 Å². The van der Waals surface area contributed by atoms with Crippen LogP contribution in [0.3, 0.4) is 0 Å². The molecule has 0 aliphatic carbocycles. The van der Waals surface area contributed by atoms with Crippen LogP contribution in [0.4, 0.5) is 0 Å². The van der Waals surface area contributed by atoms with E-state index in [1.165, 1.54) is 34.6 Å². The number of aryl methyl sites for hydroxylation is 1. The van der Waals surface area contributed by atoms with Gasteiger partial charge in [-0.2, -0.15) is 5.26 Å². The molecule has 0 saturated carbocycles. The Morgan fingerprint density at radius 1 is 1.35 bits per heavy atom. The summed E-state index contributed by atoms with van der Waals surface area (Å²) in [4.78, 5) is 1.47. The molecule has 1 aliphatic rings. The van der Waals surface area contributed by atoms with Gasteiger partial charge in [-0.05, 0) is 48.8 Å². The molecule has 0 bridgehead atoms. The third-order valence-electron chi connectivity index (χ3n) is 2.98. The molecule has 0 saturated heterocycles. The normalized spacial score (nSPS) is 14.1. The number of fused-ring (bicyclic) bond motifs is 1. The summed E-state index contributed by atoms with van der Waals surface area (Å²) in [6.45, 7) is 1.77. The van der Waals surface area contributed by atoms with Crippen molar-refractivity contribution in [2.24, 2.45) is 0 Å². The molecule has 1 heterocycles. The van der Waals surface area contributed by atoms with Crippen LogP contribution in [-0.4, -0.2) is 18.8 Å². The van der Waals surface area contributed by atoms with E-state index in [1.54, 1.807) is 0 Å². The van der Waals surface area contributed by atoms with E-state index in [4.69, 9.17) is 5.26 Å². The van der Waals surface area contributed by atoms with E-state index in [0.717, 1.165) is 19.5 Å². The summed E-state index contributed by atoms with van der Waals surface area (Å²) in [5.74, 6) is 1.27. The van der Waals surface area contributed by atoms with Gasteiger partial charge in [-0.25, -0.2) is 0 Å². The number of thioether (sulfide) groups is 1. The van der Waals surface area contributed by atoms with Gasteiger partial charge in [-0.1, -0.05) is 12.1 Å². The largest absolute Gasteiger partial charge is 0.315 e. The van der Waals surface area contributed by atoms with Gasteiger partial charge in [0.2, 0.25) is 0 Å². The van der Waals surface area contributed by atoms with Crippen molar-refractivity contribution in [3.8, 4) is 6.07 Å². The summed E-state index contributed by atoms with van der Waals surface area (Å²) >= 11 is 1.98. The molecule has 17 heavy (non-hydrogen) atoms. The predicted octanol–water partition coefficient (Wildman–Crippen LogP) is 2.77. The molecule has 0 spiro atoms. The maximum absolute atomic E-state index is 8.42. The number of hydrogen-bond donors (Lipinski definition) is 1. The van der Waals surface area contributed by atoms with Crippen molar-refractivity contribution in [3.05, 3.63) is 29.3 Å². The summed E-state index contributed by atoms with van der Waals surface area (Å²) in [6.07, 6.45) is 4.20. The molecule has 0 radical (unpaired) electrons. The minimum atomic E-state index is 0.598. The van der Waals surface area contributed by atoms with Crippen molar-refractivity contribution < 1.29 is 0 Å². The Labute approximate surface area is 107 Å². The molecule has 0 fully saturated rings. The van der Waals surface area contributed by atoms with Crippen LogP contribution in [0.2, 0.25) is 0 Å².